The number of nitrogens with zero attached hydrogens (tertiary/aromatic N) is 3. The number of thiophene rings is 1. The fraction of sp³-hybridized carbons (Fsp3) is 0.294. The van der Waals surface area contributed by atoms with Gasteiger partial charge in [-0.25, -0.2) is 9.61 Å². The third-order valence-corrected chi connectivity index (χ3v) is 4.53. The molecular weight excluding hydrogens is 340 g/mol. The van der Waals surface area contributed by atoms with E-state index in [4.69, 9.17) is 4.74 Å². The zero-order valence-corrected chi connectivity index (χ0v) is 14.7. The maximum atomic E-state index is 12.5. The average Bonchev–Trinajstić information content (AvgIpc) is 3.26. The van der Waals surface area contributed by atoms with Crippen molar-refractivity contribution in [3.8, 4) is 5.88 Å². The highest BCUT2D eigenvalue weighted by Gasteiger charge is 2.21. The largest absolute Gasteiger partial charge is 0.481 e. The number of aryl methyl sites for hydroxylation is 1. The molecule has 0 aliphatic rings. The second-order valence-corrected chi connectivity index (χ2v) is 6.31. The van der Waals surface area contributed by atoms with Crippen molar-refractivity contribution in [3.05, 3.63) is 57.7 Å². The van der Waals surface area contributed by atoms with Gasteiger partial charge in [-0.1, -0.05) is 16.4 Å². The van der Waals surface area contributed by atoms with Crippen LogP contribution in [0.25, 0.3) is 0 Å². The van der Waals surface area contributed by atoms with Gasteiger partial charge in [0.2, 0.25) is 11.8 Å². The molecule has 25 heavy (non-hydrogen) atoms. The lowest BCUT2D eigenvalue weighted by Gasteiger charge is -2.20. The first kappa shape index (κ1) is 17.1. The molecule has 0 aromatic carbocycles. The molecule has 0 radical (unpaired) electrons. The summed E-state index contributed by atoms with van der Waals surface area (Å²) in [5.74, 6) is 0.340. The van der Waals surface area contributed by atoms with Crippen LogP contribution in [0.15, 0.2) is 39.8 Å². The number of hydrogen-bond acceptors (Lipinski definition) is 7. The third kappa shape index (κ3) is 4.21. The minimum atomic E-state index is -0.258. The van der Waals surface area contributed by atoms with Gasteiger partial charge in [-0.2, -0.15) is 11.3 Å². The zero-order valence-electron chi connectivity index (χ0n) is 13.9. The zero-order chi connectivity index (χ0) is 17.6. The van der Waals surface area contributed by atoms with Gasteiger partial charge in [-0.3, -0.25) is 4.79 Å². The molecule has 0 saturated carbocycles. The molecule has 0 fully saturated rings. The van der Waals surface area contributed by atoms with Crippen molar-refractivity contribution in [1.29, 1.82) is 0 Å². The van der Waals surface area contributed by atoms with E-state index in [1.54, 1.807) is 31.6 Å². The summed E-state index contributed by atoms with van der Waals surface area (Å²) in [7, 11) is 1.57. The van der Waals surface area contributed by atoms with Gasteiger partial charge in [-0.05, 0) is 41.8 Å². The normalized spacial score (nSPS) is 11.9. The molecule has 0 aliphatic carbocycles. The Labute approximate surface area is 149 Å². The molecule has 3 heterocycles. The highest BCUT2D eigenvalue weighted by Crippen LogP contribution is 2.26. The fourth-order valence-corrected chi connectivity index (χ4v) is 3.21. The Balaban J connectivity index is 1.81. The predicted octanol–water partition coefficient (Wildman–Crippen LogP) is 2.49. The number of carbonyl (C=O) groups excluding carboxylic acids is 1. The Morgan fingerprint density at radius 3 is 2.96 bits per heavy atom. The minimum Gasteiger partial charge on any atom is -0.481 e. The van der Waals surface area contributed by atoms with Crippen molar-refractivity contribution in [2.45, 2.75) is 25.8 Å². The molecule has 8 heteroatoms. The van der Waals surface area contributed by atoms with Crippen LogP contribution in [-0.2, 0) is 17.6 Å². The van der Waals surface area contributed by atoms with Crippen LogP contribution in [0.1, 0.15) is 28.6 Å². The average molecular weight is 358 g/mol. The summed E-state index contributed by atoms with van der Waals surface area (Å²) in [6.45, 7) is 1.76. The van der Waals surface area contributed by atoms with Crippen molar-refractivity contribution in [1.82, 2.24) is 20.6 Å². The molecule has 0 aliphatic heterocycles. The highest BCUT2D eigenvalue weighted by atomic mass is 32.1. The first-order valence-corrected chi connectivity index (χ1v) is 8.69. The molecule has 3 aromatic heterocycles. The van der Waals surface area contributed by atoms with Crippen LogP contribution >= 0.6 is 11.3 Å². The number of amides is 1. The van der Waals surface area contributed by atoms with Gasteiger partial charge >= 0.3 is 0 Å². The summed E-state index contributed by atoms with van der Waals surface area (Å²) in [6, 6.07) is 5.52. The summed E-state index contributed by atoms with van der Waals surface area (Å²) >= 11 is 1.62. The van der Waals surface area contributed by atoms with E-state index in [-0.39, 0.29) is 18.4 Å². The van der Waals surface area contributed by atoms with Crippen LogP contribution in [0.3, 0.4) is 0 Å². The van der Waals surface area contributed by atoms with Gasteiger partial charge < -0.3 is 10.1 Å². The summed E-state index contributed by atoms with van der Waals surface area (Å²) in [4.78, 5) is 16.7. The molecule has 0 unspecified atom stereocenters. The van der Waals surface area contributed by atoms with E-state index in [1.807, 2.05) is 23.6 Å². The minimum absolute atomic E-state index is 0.109. The number of pyridine rings is 1. The monoisotopic (exact) mass is 358 g/mol. The molecule has 0 spiro atoms. The van der Waals surface area contributed by atoms with E-state index in [0.29, 0.717) is 23.7 Å². The van der Waals surface area contributed by atoms with Crippen LogP contribution in [0.4, 0.5) is 0 Å². The lowest BCUT2D eigenvalue weighted by atomic mass is 10.0. The Kier molecular flexibility index (Phi) is 5.39. The lowest BCUT2D eigenvalue weighted by Crippen LogP contribution is -2.31. The summed E-state index contributed by atoms with van der Waals surface area (Å²) in [5, 5.41) is 14.6. The van der Waals surface area contributed by atoms with E-state index < -0.39 is 0 Å². The van der Waals surface area contributed by atoms with E-state index >= 15 is 0 Å². The number of nitrogens with one attached hydrogen (secondary N) is 1. The number of aromatic nitrogens is 3. The fourth-order valence-electron chi connectivity index (χ4n) is 2.53. The van der Waals surface area contributed by atoms with Crippen molar-refractivity contribution in [3.63, 3.8) is 0 Å². The molecule has 1 amide bonds. The Bertz CT molecular complexity index is 832. The maximum Gasteiger partial charge on any atom is 0.226 e. The number of hydrogen-bond donors (Lipinski definition) is 1. The molecule has 0 saturated heterocycles. The molecular formula is C17H18N4O3S. The number of methoxy groups -OCH3 is 1. The van der Waals surface area contributed by atoms with Crippen molar-refractivity contribution < 1.29 is 14.2 Å². The lowest BCUT2D eigenvalue weighted by molar-refractivity contribution is -0.121. The van der Waals surface area contributed by atoms with E-state index in [2.05, 4.69) is 30.6 Å². The predicted molar refractivity (Wildman–Crippen MR) is 92.4 cm³/mol. The standard InChI is InChI=1S/C17H18N4O3S/c1-11-14(21-24-20-11)9-16(22)19-15(8-12-5-7-25-10-12)13-4-3-6-18-17(13)23-2/h3-7,10,15H,8-9H2,1-2H3,(H,19,22)/t15-/m1/s1. The number of ether oxygens (including phenoxy) is 1. The third-order valence-electron chi connectivity index (χ3n) is 3.80. The van der Waals surface area contributed by atoms with Crippen LogP contribution in [0.2, 0.25) is 0 Å². The smallest absolute Gasteiger partial charge is 0.226 e. The van der Waals surface area contributed by atoms with E-state index in [0.717, 1.165) is 11.1 Å². The van der Waals surface area contributed by atoms with Crippen LogP contribution in [-0.4, -0.2) is 28.3 Å². The summed E-state index contributed by atoms with van der Waals surface area (Å²) in [5.41, 5.74) is 3.12. The quantitative estimate of drug-likeness (QED) is 0.698. The van der Waals surface area contributed by atoms with E-state index in [9.17, 15) is 4.79 Å². The van der Waals surface area contributed by atoms with Crippen molar-refractivity contribution >= 4 is 17.2 Å². The van der Waals surface area contributed by atoms with Gasteiger partial charge in [0.25, 0.3) is 0 Å². The molecule has 130 valence electrons. The van der Waals surface area contributed by atoms with Crippen molar-refractivity contribution in [2.24, 2.45) is 0 Å². The Hall–Kier alpha value is -2.74. The second-order valence-electron chi connectivity index (χ2n) is 5.53. The second kappa shape index (κ2) is 7.89. The Morgan fingerprint density at radius 2 is 2.28 bits per heavy atom. The summed E-state index contributed by atoms with van der Waals surface area (Å²) in [6.07, 6.45) is 2.42. The van der Waals surface area contributed by atoms with Gasteiger partial charge in [-0.15, -0.1) is 0 Å². The molecule has 0 bridgehead atoms. The first-order chi connectivity index (χ1) is 12.2. The van der Waals surface area contributed by atoms with Gasteiger partial charge in [0.1, 0.15) is 11.4 Å². The maximum absolute atomic E-state index is 12.5. The van der Waals surface area contributed by atoms with Crippen molar-refractivity contribution in [2.75, 3.05) is 7.11 Å². The van der Waals surface area contributed by atoms with Gasteiger partial charge in [0, 0.05) is 11.8 Å². The molecule has 1 N–H and O–H groups in total. The van der Waals surface area contributed by atoms with Gasteiger partial charge in [0.15, 0.2) is 0 Å². The first-order valence-electron chi connectivity index (χ1n) is 7.74. The molecule has 1 atom stereocenters. The molecule has 3 rings (SSSR count). The van der Waals surface area contributed by atoms with E-state index in [1.165, 1.54) is 0 Å². The SMILES string of the molecule is COc1ncccc1[C@@H](Cc1ccsc1)NC(=O)Cc1nonc1C. The number of carbonyl (C=O) groups is 1. The molecule has 3 aromatic rings. The highest BCUT2D eigenvalue weighted by molar-refractivity contribution is 7.07. The summed E-state index contributed by atoms with van der Waals surface area (Å²) < 4.78 is 10.0. The topological polar surface area (TPSA) is 90.1 Å². The van der Waals surface area contributed by atoms with Crippen LogP contribution in [0.5, 0.6) is 5.88 Å². The van der Waals surface area contributed by atoms with Crippen LogP contribution in [0, 0.1) is 6.92 Å². The van der Waals surface area contributed by atoms with Gasteiger partial charge in [0.05, 0.1) is 19.6 Å². The Morgan fingerprint density at radius 1 is 1.40 bits per heavy atom. The molecule has 7 nitrogen and oxygen atoms in total. The van der Waals surface area contributed by atoms with Crippen LogP contribution < -0.4 is 10.1 Å². The number of rotatable bonds is 7.